The molecule has 0 bridgehead atoms. The zero-order chi connectivity index (χ0) is 7.56. The van der Waals surface area contributed by atoms with Gasteiger partial charge in [-0.2, -0.15) is 8.78 Å². The largest absolute Gasteiger partial charge is 0.345 e. The summed E-state index contributed by atoms with van der Waals surface area (Å²) in [7, 11) is 0. The number of ether oxygens (including phenoxy) is 1. The Balaban J connectivity index is 2.26. The highest BCUT2D eigenvalue weighted by molar-refractivity contribution is 4.80. The summed E-state index contributed by atoms with van der Waals surface area (Å²) in [5, 5.41) is 0. The van der Waals surface area contributed by atoms with Gasteiger partial charge in [-0.05, 0) is 19.3 Å². The van der Waals surface area contributed by atoms with Gasteiger partial charge in [-0.15, -0.1) is 0 Å². The molecule has 1 fully saturated rings. The molecule has 60 valence electrons. The van der Waals surface area contributed by atoms with E-state index in [-0.39, 0.29) is 6.04 Å². The van der Waals surface area contributed by atoms with Crippen molar-refractivity contribution in [2.45, 2.75) is 38.0 Å². The highest BCUT2D eigenvalue weighted by Gasteiger charge is 2.26. The molecule has 0 amide bonds. The molecule has 1 aliphatic rings. The summed E-state index contributed by atoms with van der Waals surface area (Å²) >= 11 is 0. The summed E-state index contributed by atoms with van der Waals surface area (Å²) in [6.07, 6.45) is 1.96. The molecule has 2 atom stereocenters. The maximum absolute atomic E-state index is 11.6. The van der Waals surface area contributed by atoms with Gasteiger partial charge in [0.05, 0.1) is 6.10 Å². The van der Waals surface area contributed by atoms with E-state index in [0.29, 0.717) is 6.42 Å². The van der Waals surface area contributed by atoms with E-state index in [9.17, 15) is 8.78 Å². The van der Waals surface area contributed by atoms with E-state index in [2.05, 4.69) is 4.74 Å². The Morgan fingerprint density at radius 1 is 1.40 bits per heavy atom. The van der Waals surface area contributed by atoms with E-state index in [1.54, 1.807) is 0 Å². The van der Waals surface area contributed by atoms with Crippen molar-refractivity contribution < 1.29 is 13.5 Å². The van der Waals surface area contributed by atoms with Gasteiger partial charge in [-0.25, -0.2) is 0 Å². The summed E-state index contributed by atoms with van der Waals surface area (Å²) in [6.45, 7) is -2.67. The molecule has 0 unspecified atom stereocenters. The molecule has 0 saturated heterocycles. The van der Waals surface area contributed by atoms with Crippen LogP contribution < -0.4 is 5.73 Å². The van der Waals surface area contributed by atoms with E-state index in [1.165, 1.54) is 0 Å². The number of rotatable bonds is 2. The molecule has 4 heteroatoms. The molecule has 0 aromatic heterocycles. The van der Waals surface area contributed by atoms with Gasteiger partial charge in [-0.1, -0.05) is 0 Å². The van der Waals surface area contributed by atoms with Crippen LogP contribution >= 0.6 is 0 Å². The lowest BCUT2D eigenvalue weighted by Crippen LogP contribution is -2.32. The molecule has 1 saturated carbocycles. The average molecular weight is 151 g/mol. The second kappa shape index (κ2) is 3.25. The molecule has 2 nitrogen and oxygen atoms in total. The minimum atomic E-state index is -2.67. The Kier molecular flexibility index (Phi) is 2.56. The Labute approximate surface area is 58.3 Å². The zero-order valence-electron chi connectivity index (χ0n) is 5.59. The molecular formula is C6H11F2NO. The van der Waals surface area contributed by atoms with E-state index < -0.39 is 12.7 Å². The number of alkyl halides is 2. The van der Waals surface area contributed by atoms with Crippen molar-refractivity contribution in [1.82, 2.24) is 0 Å². The van der Waals surface area contributed by atoms with Crippen LogP contribution in [0.4, 0.5) is 8.78 Å². The molecule has 0 aliphatic heterocycles. The summed E-state index contributed by atoms with van der Waals surface area (Å²) in [5.41, 5.74) is 5.47. The number of hydrogen-bond donors (Lipinski definition) is 1. The van der Waals surface area contributed by atoms with Crippen molar-refractivity contribution in [1.29, 1.82) is 0 Å². The molecule has 10 heavy (non-hydrogen) atoms. The minimum absolute atomic E-state index is 0.186. The third-order valence-electron chi connectivity index (χ3n) is 1.78. The molecule has 2 N–H and O–H groups in total. The lowest BCUT2D eigenvalue weighted by atomic mass is 10.2. The first kappa shape index (κ1) is 7.88. The first-order valence-corrected chi connectivity index (χ1v) is 3.39. The Morgan fingerprint density at radius 3 is 2.50 bits per heavy atom. The van der Waals surface area contributed by atoms with Gasteiger partial charge in [0.15, 0.2) is 0 Å². The van der Waals surface area contributed by atoms with Crippen molar-refractivity contribution in [3.05, 3.63) is 0 Å². The van der Waals surface area contributed by atoms with Gasteiger partial charge in [0.1, 0.15) is 0 Å². The Bertz CT molecular complexity index is 110. The molecule has 1 rings (SSSR count). The maximum Gasteiger partial charge on any atom is 0.345 e. The first-order chi connectivity index (χ1) is 4.70. The van der Waals surface area contributed by atoms with Crippen molar-refractivity contribution in [3.8, 4) is 0 Å². The van der Waals surface area contributed by atoms with Gasteiger partial charge >= 0.3 is 6.61 Å². The zero-order valence-corrected chi connectivity index (χ0v) is 5.59. The average Bonchev–Trinajstić information content (AvgIpc) is 2.15. The van der Waals surface area contributed by atoms with Crippen molar-refractivity contribution in [2.24, 2.45) is 5.73 Å². The van der Waals surface area contributed by atoms with Crippen LogP contribution in [0.15, 0.2) is 0 Å². The SMILES string of the molecule is N[C@@H]1CCC[C@@H]1OC(F)F. The summed E-state index contributed by atoms with van der Waals surface area (Å²) in [6, 6.07) is -0.186. The quantitative estimate of drug-likeness (QED) is 0.641. The summed E-state index contributed by atoms with van der Waals surface area (Å²) in [4.78, 5) is 0. The van der Waals surface area contributed by atoms with Gasteiger partial charge in [0, 0.05) is 6.04 Å². The minimum Gasteiger partial charge on any atom is -0.325 e. The Hall–Kier alpha value is -0.220. The van der Waals surface area contributed by atoms with Crippen LogP contribution in [0, 0.1) is 0 Å². The van der Waals surface area contributed by atoms with Gasteiger partial charge in [0.25, 0.3) is 0 Å². The van der Waals surface area contributed by atoms with Crippen LogP contribution in [0.1, 0.15) is 19.3 Å². The van der Waals surface area contributed by atoms with Crippen LogP contribution in [0.3, 0.4) is 0 Å². The van der Waals surface area contributed by atoms with Crippen molar-refractivity contribution in [2.75, 3.05) is 0 Å². The van der Waals surface area contributed by atoms with Crippen LogP contribution in [-0.4, -0.2) is 18.8 Å². The molecular weight excluding hydrogens is 140 g/mol. The van der Waals surface area contributed by atoms with E-state index >= 15 is 0 Å². The lowest BCUT2D eigenvalue weighted by Gasteiger charge is -2.14. The normalized spacial score (nSPS) is 33.6. The molecule has 0 heterocycles. The van der Waals surface area contributed by atoms with E-state index in [4.69, 9.17) is 5.73 Å². The third kappa shape index (κ3) is 1.88. The van der Waals surface area contributed by atoms with E-state index in [1.807, 2.05) is 0 Å². The van der Waals surface area contributed by atoms with Crippen molar-refractivity contribution >= 4 is 0 Å². The fourth-order valence-corrected chi connectivity index (χ4v) is 1.26. The lowest BCUT2D eigenvalue weighted by molar-refractivity contribution is -0.163. The van der Waals surface area contributed by atoms with Gasteiger partial charge in [-0.3, -0.25) is 0 Å². The second-order valence-corrected chi connectivity index (χ2v) is 2.53. The maximum atomic E-state index is 11.6. The van der Waals surface area contributed by atoms with Gasteiger partial charge < -0.3 is 10.5 Å². The standard InChI is InChI=1S/C6H11F2NO/c7-6(8)10-5-3-1-2-4(5)9/h4-6H,1-3,9H2/t4-,5+/m1/s1. The molecule has 1 aliphatic carbocycles. The molecule has 0 radical (unpaired) electrons. The van der Waals surface area contributed by atoms with Crippen LogP contribution in [-0.2, 0) is 4.74 Å². The smallest absolute Gasteiger partial charge is 0.325 e. The Morgan fingerprint density at radius 2 is 2.10 bits per heavy atom. The summed E-state index contributed by atoms with van der Waals surface area (Å²) in [5.74, 6) is 0. The predicted molar refractivity (Wildman–Crippen MR) is 32.7 cm³/mol. The highest BCUT2D eigenvalue weighted by atomic mass is 19.3. The first-order valence-electron chi connectivity index (χ1n) is 3.39. The van der Waals surface area contributed by atoms with Crippen LogP contribution in [0.2, 0.25) is 0 Å². The number of hydrogen-bond acceptors (Lipinski definition) is 2. The number of halogens is 2. The predicted octanol–water partition coefficient (Wildman–Crippen LogP) is 1.11. The van der Waals surface area contributed by atoms with Crippen LogP contribution in [0.5, 0.6) is 0 Å². The fourth-order valence-electron chi connectivity index (χ4n) is 1.26. The van der Waals surface area contributed by atoms with Crippen LogP contribution in [0.25, 0.3) is 0 Å². The molecule has 0 spiro atoms. The molecule has 0 aromatic carbocycles. The van der Waals surface area contributed by atoms with E-state index in [0.717, 1.165) is 12.8 Å². The fraction of sp³-hybridized carbons (Fsp3) is 1.00. The number of nitrogens with two attached hydrogens (primary N) is 1. The topological polar surface area (TPSA) is 35.2 Å². The monoisotopic (exact) mass is 151 g/mol. The third-order valence-corrected chi connectivity index (χ3v) is 1.78. The van der Waals surface area contributed by atoms with Gasteiger partial charge in [0.2, 0.25) is 0 Å². The molecule has 0 aromatic rings. The second-order valence-electron chi connectivity index (χ2n) is 2.53. The van der Waals surface area contributed by atoms with Crippen molar-refractivity contribution in [3.63, 3.8) is 0 Å². The highest BCUT2D eigenvalue weighted by Crippen LogP contribution is 2.21. The summed E-state index contributed by atoms with van der Waals surface area (Å²) < 4.78 is 27.4.